The number of hydrogen-bond acceptors (Lipinski definition) is 8. The predicted molar refractivity (Wildman–Crippen MR) is 139 cm³/mol. The van der Waals surface area contributed by atoms with Crippen LogP contribution in [0.1, 0.15) is 53.4 Å². The van der Waals surface area contributed by atoms with Crippen molar-refractivity contribution in [1.82, 2.24) is 10.2 Å². The van der Waals surface area contributed by atoms with Gasteiger partial charge in [0, 0.05) is 5.56 Å². The van der Waals surface area contributed by atoms with Crippen molar-refractivity contribution in [3.63, 3.8) is 0 Å². The van der Waals surface area contributed by atoms with Crippen molar-refractivity contribution in [3.8, 4) is 11.1 Å². The highest BCUT2D eigenvalue weighted by atomic mass is 32.2. The zero-order valence-electron chi connectivity index (χ0n) is 21.1. The Morgan fingerprint density at radius 2 is 1.35 bits per heavy atom. The Kier molecular flexibility index (Phi) is 10.9. The van der Waals surface area contributed by atoms with Crippen LogP contribution in [-0.4, -0.2) is 47.9 Å². The van der Waals surface area contributed by atoms with E-state index in [2.05, 4.69) is 28.4 Å². The average Bonchev–Trinajstić information content (AvgIpc) is 2.84. The summed E-state index contributed by atoms with van der Waals surface area (Å²) in [6.45, 7) is 7.65. The number of rotatable bonds is 13. The third kappa shape index (κ3) is 8.31. The zero-order chi connectivity index (χ0) is 25.2. The van der Waals surface area contributed by atoms with Gasteiger partial charge in [0.1, 0.15) is 10.1 Å². The molecule has 186 valence electrons. The van der Waals surface area contributed by atoms with Gasteiger partial charge in [0.2, 0.25) is 0 Å². The molecule has 0 saturated carbocycles. The molecule has 0 aliphatic heterocycles. The quantitative estimate of drug-likeness (QED) is 0.179. The second-order valence-corrected chi connectivity index (χ2v) is 11.6. The molecule has 0 radical (unpaired) electrons. The van der Waals surface area contributed by atoms with Crippen LogP contribution in [0.5, 0.6) is 0 Å². The highest BCUT2D eigenvalue weighted by Gasteiger charge is 2.28. The maximum absolute atomic E-state index is 11.9. The fourth-order valence-electron chi connectivity index (χ4n) is 3.49. The molecular weight excluding hydrogens is 468 g/mol. The zero-order valence-corrected chi connectivity index (χ0v) is 22.7. The second-order valence-electron chi connectivity index (χ2n) is 9.42. The van der Waals surface area contributed by atoms with Crippen LogP contribution in [0.2, 0.25) is 0 Å². The molecule has 0 N–H and O–H groups in total. The molecule has 1 aromatic carbocycles. The van der Waals surface area contributed by atoms with Gasteiger partial charge in [-0.1, -0.05) is 30.3 Å². The van der Waals surface area contributed by atoms with Crippen LogP contribution in [0, 0.1) is 10.8 Å². The molecule has 8 heteroatoms. The SMILES string of the molecule is COC(=O)C(C)(C)CCCSc1cc(-c2ccccc2)c(SCCCC(C)(C)C(=O)OC)nn1. The summed E-state index contributed by atoms with van der Waals surface area (Å²) >= 11 is 3.31. The van der Waals surface area contributed by atoms with Gasteiger partial charge >= 0.3 is 11.9 Å². The maximum Gasteiger partial charge on any atom is 0.311 e. The van der Waals surface area contributed by atoms with E-state index >= 15 is 0 Å². The summed E-state index contributed by atoms with van der Waals surface area (Å²) in [5.41, 5.74) is 1.18. The molecular formula is C26H36N2O4S2. The second kappa shape index (κ2) is 13.1. The van der Waals surface area contributed by atoms with Gasteiger partial charge in [-0.3, -0.25) is 9.59 Å². The van der Waals surface area contributed by atoms with Crippen LogP contribution < -0.4 is 0 Å². The first-order chi connectivity index (χ1) is 16.1. The van der Waals surface area contributed by atoms with Crippen molar-refractivity contribution in [1.29, 1.82) is 0 Å². The van der Waals surface area contributed by atoms with Crippen molar-refractivity contribution in [3.05, 3.63) is 36.4 Å². The minimum atomic E-state index is -0.494. The first kappa shape index (κ1) is 28.2. The normalized spacial score (nSPS) is 11.8. The fourth-order valence-corrected chi connectivity index (χ4v) is 5.21. The summed E-state index contributed by atoms with van der Waals surface area (Å²) in [5, 5.41) is 10.7. The Morgan fingerprint density at radius 3 is 1.88 bits per heavy atom. The Labute approximate surface area is 212 Å². The van der Waals surface area contributed by atoms with Crippen LogP contribution in [0.25, 0.3) is 11.1 Å². The average molecular weight is 505 g/mol. The first-order valence-electron chi connectivity index (χ1n) is 11.5. The maximum atomic E-state index is 11.9. The Hall–Kier alpha value is -2.06. The lowest BCUT2D eigenvalue weighted by Gasteiger charge is -2.21. The topological polar surface area (TPSA) is 78.4 Å². The van der Waals surface area contributed by atoms with Gasteiger partial charge in [0.15, 0.2) is 0 Å². The molecule has 0 bridgehead atoms. The number of aromatic nitrogens is 2. The van der Waals surface area contributed by atoms with Gasteiger partial charge in [-0.25, -0.2) is 0 Å². The third-order valence-corrected chi connectivity index (χ3v) is 7.74. The summed E-state index contributed by atoms with van der Waals surface area (Å²) in [6.07, 6.45) is 3.24. The van der Waals surface area contributed by atoms with E-state index in [-0.39, 0.29) is 11.9 Å². The molecule has 2 rings (SSSR count). The highest BCUT2D eigenvalue weighted by molar-refractivity contribution is 7.99. The van der Waals surface area contributed by atoms with Crippen molar-refractivity contribution >= 4 is 35.5 Å². The molecule has 0 saturated heterocycles. The molecule has 0 aliphatic carbocycles. The van der Waals surface area contributed by atoms with E-state index in [0.29, 0.717) is 0 Å². The van der Waals surface area contributed by atoms with Crippen LogP contribution in [0.15, 0.2) is 46.5 Å². The standard InChI is InChI=1S/C26H36N2O4S2/c1-25(2,23(29)31-5)14-10-16-33-21-18-20(19-12-8-7-9-13-19)22(28-27-21)34-17-11-15-26(3,4)24(30)32-6/h7-9,12-13,18H,10-11,14-17H2,1-6H3. The third-order valence-electron chi connectivity index (χ3n) is 5.68. The van der Waals surface area contributed by atoms with Crippen molar-refractivity contribution in [2.75, 3.05) is 25.7 Å². The first-order valence-corrected chi connectivity index (χ1v) is 13.4. The fraction of sp³-hybridized carbons (Fsp3) is 0.538. The summed E-state index contributed by atoms with van der Waals surface area (Å²) in [6, 6.07) is 12.3. The van der Waals surface area contributed by atoms with Gasteiger partial charge in [-0.05, 0) is 76.5 Å². The van der Waals surface area contributed by atoms with Crippen molar-refractivity contribution in [2.24, 2.45) is 10.8 Å². The number of carbonyl (C=O) groups is 2. The lowest BCUT2D eigenvalue weighted by Crippen LogP contribution is -2.25. The predicted octanol–water partition coefficient (Wildman–Crippen LogP) is 6.29. The molecule has 0 fully saturated rings. The molecule has 0 spiro atoms. The lowest BCUT2D eigenvalue weighted by atomic mass is 9.88. The summed E-state index contributed by atoms with van der Waals surface area (Å²) < 4.78 is 9.79. The van der Waals surface area contributed by atoms with E-state index < -0.39 is 10.8 Å². The van der Waals surface area contributed by atoms with Crippen LogP contribution in [0.4, 0.5) is 0 Å². The van der Waals surface area contributed by atoms with E-state index in [4.69, 9.17) is 9.47 Å². The minimum Gasteiger partial charge on any atom is -0.469 e. The van der Waals surface area contributed by atoms with E-state index in [1.54, 1.807) is 23.5 Å². The van der Waals surface area contributed by atoms with Gasteiger partial charge in [-0.2, -0.15) is 0 Å². The van der Waals surface area contributed by atoms with Crippen LogP contribution >= 0.6 is 23.5 Å². The van der Waals surface area contributed by atoms with Crippen molar-refractivity contribution < 1.29 is 19.1 Å². The monoisotopic (exact) mass is 504 g/mol. The van der Waals surface area contributed by atoms with E-state index in [1.165, 1.54) is 14.2 Å². The number of hydrogen-bond donors (Lipinski definition) is 0. The van der Waals surface area contributed by atoms with Crippen LogP contribution in [-0.2, 0) is 19.1 Å². The Morgan fingerprint density at radius 1 is 0.824 bits per heavy atom. The number of esters is 2. The number of methoxy groups -OCH3 is 2. The van der Waals surface area contributed by atoms with Crippen molar-refractivity contribution in [2.45, 2.75) is 63.4 Å². The molecule has 6 nitrogen and oxygen atoms in total. The highest BCUT2D eigenvalue weighted by Crippen LogP contribution is 2.34. The Balaban J connectivity index is 2.03. The molecule has 1 aromatic heterocycles. The number of ether oxygens (including phenoxy) is 2. The molecule has 2 aromatic rings. The van der Waals surface area contributed by atoms with E-state index in [1.807, 2.05) is 45.9 Å². The summed E-state index contributed by atoms with van der Waals surface area (Å²) in [5.74, 6) is 1.32. The lowest BCUT2D eigenvalue weighted by molar-refractivity contribution is -0.151. The Bertz CT molecular complexity index is 949. The number of nitrogens with zero attached hydrogens (tertiary/aromatic N) is 2. The van der Waals surface area contributed by atoms with Gasteiger partial charge in [0.05, 0.1) is 25.0 Å². The van der Waals surface area contributed by atoms with Crippen LogP contribution in [0.3, 0.4) is 0 Å². The molecule has 0 atom stereocenters. The number of carbonyl (C=O) groups excluding carboxylic acids is 2. The largest absolute Gasteiger partial charge is 0.469 e. The molecule has 0 amide bonds. The number of thioether (sulfide) groups is 2. The molecule has 0 unspecified atom stereocenters. The minimum absolute atomic E-state index is 0.181. The van der Waals surface area contributed by atoms with E-state index in [0.717, 1.165) is 58.4 Å². The smallest absolute Gasteiger partial charge is 0.311 e. The molecule has 0 aliphatic rings. The van der Waals surface area contributed by atoms with Gasteiger partial charge < -0.3 is 9.47 Å². The van der Waals surface area contributed by atoms with Gasteiger partial charge in [0.25, 0.3) is 0 Å². The molecule has 34 heavy (non-hydrogen) atoms. The summed E-state index contributed by atoms with van der Waals surface area (Å²) in [4.78, 5) is 23.8. The molecule has 1 heterocycles. The van der Waals surface area contributed by atoms with E-state index in [9.17, 15) is 9.59 Å². The van der Waals surface area contributed by atoms with Gasteiger partial charge in [-0.15, -0.1) is 33.7 Å². The summed E-state index contributed by atoms with van der Waals surface area (Å²) in [7, 11) is 2.86. The number of benzene rings is 1.